The summed E-state index contributed by atoms with van der Waals surface area (Å²) in [5, 5.41) is 8.64. The van der Waals surface area contributed by atoms with E-state index in [0.717, 1.165) is 17.4 Å². The molecule has 0 unspecified atom stereocenters. The van der Waals surface area contributed by atoms with Gasteiger partial charge in [-0.15, -0.1) is 11.3 Å². The molecular weight excluding hydrogens is 308 g/mol. The van der Waals surface area contributed by atoms with Gasteiger partial charge in [0.05, 0.1) is 11.4 Å². The van der Waals surface area contributed by atoms with E-state index in [4.69, 9.17) is 11.0 Å². The number of nitrogens with one attached hydrogen (secondary N) is 1. The molecule has 1 aromatic heterocycles. The normalized spacial score (nSPS) is 11.1. The minimum absolute atomic E-state index is 0.156. The molecule has 0 spiro atoms. The summed E-state index contributed by atoms with van der Waals surface area (Å²) in [6, 6.07) is 5.68. The van der Waals surface area contributed by atoms with Crippen LogP contribution in [0.3, 0.4) is 0 Å². The zero-order chi connectivity index (χ0) is 14.9. The highest BCUT2D eigenvalue weighted by molar-refractivity contribution is 7.94. The molecule has 0 atom stereocenters. The lowest BCUT2D eigenvalue weighted by Crippen LogP contribution is -2.13. The van der Waals surface area contributed by atoms with Crippen molar-refractivity contribution in [1.29, 1.82) is 5.26 Å². The van der Waals surface area contributed by atoms with Gasteiger partial charge in [0.2, 0.25) is 0 Å². The number of benzene rings is 1. The monoisotopic (exact) mass is 315 g/mol. The largest absolute Gasteiger partial charge is 0.396 e. The predicted molar refractivity (Wildman–Crippen MR) is 70.6 cm³/mol. The zero-order valence-corrected chi connectivity index (χ0v) is 11.4. The van der Waals surface area contributed by atoms with Crippen LogP contribution >= 0.6 is 11.3 Å². The van der Waals surface area contributed by atoms with Crippen LogP contribution in [-0.4, -0.2) is 8.42 Å². The fourth-order valence-corrected chi connectivity index (χ4v) is 3.53. The van der Waals surface area contributed by atoms with Gasteiger partial charge in [0.1, 0.15) is 26.8 Å². The molecule has 0 aliphatic rings. The Hall–Kier alpha value is -2.18. The summed E-state index contributed by atoms with van der Waals surface area (Å²) in [5.41, 5.74) is 4.41. The molecule has 0 aliphatic heterocycles. The van der Waals surface area contributed by atoms with Crippen LogP contribution in [0.4, 0.5) is 20.2 Å². The van der Waals surface area contributed by atoms with E-state index in [0.29, 0.717) is 6.07 Å². The molecule has 0 saturated heterocycles. The molecule has 9 heteroatoms. The second kappa shape index (κ2) is 5.07. The van der Waals surface area contributed by atoms with E-state index < -0.39 is 27.3 Å². The van der Waals surface area contributed by atoms with E-state index >= 15 is 0 Å². The molecule has 0 bridgehead atoms. The summed E-state index contributed by atoms with van der Waals surface area (Å²) >= 11 is 0.733. The van der Waals surface area contributed by atoms with Gasteiger partial charge >= 0.3 is 0 Å². The number of sulfonamides is 1. The maximum Gasteiger partial charge on any atom is 0.271 e. The number of hydrogen-bond donors (Lipinski definition) is 2. The van der Waals surface area contributed by atoms with Crippen molar-refractivity contribution in [1.82, 2.24) is 0 Å². The second-order valence-electron chi connectivity index (χ2n) is 3.69. The van der Waals surface area contributed by atoms with Crippen molar-refractivity contribution >= 4 is 32.7 Å². The Bertz CT molecular complexity index is 810. The Morgan fingerprint density at radius 3 is 2.55 bits per heavy atom. The average Bonchev–Trinajstić information content (AvgIpc) is 2.85. The first-order valence-corrected chi connectivity index (χ1v) is 7.41. The SMILES string of the molecule is N#Cc1ccc(S(=O)(=O)Nc2cc(N)c(F)cc2F)s1. The van der Waals surface area contributed by atoms with Gasteiger partial charge in [-0.05, 0) is 18.2 Å². The molecule has 5 nitrogen and oxygen atoms in total. The maximum absolute atomic E-state index is 13.5. The Morgan fingerprint density at radius 2 is 1.95 bits per heavy atom. The Kier molecular flexibility index (Phi) is 3.61. The van der Waals surface area contributed by atoms with Crippen LogP contribution in [0, 0.1) is 23.0 Å². The highest BCUT2D eigenvalue weighted by atomic mass is 32.2. The van der Waals surface area contributed by atoms with E-state index in [-0.39, 0.29) is 14.8 Å². The maximum atomic E-state index is 13.5. The Balaban J connectivity index is 2.38. The molecule has 1 aromatic carbocycles. The second-order valence-corrected chi connectivity index (χ2v) is 6.68. The van der Waals surface area contributed by atoms with Crippen LogP contribution in [-0.2, 0) is 10.0 Å². The minimum Gasteiger partial charge on any atom is -0.396 e. The van der Waals surface area contributed by atoms with Crippen LogP contribution in [0.1, 0.15) is 4.88 Å². The molecule has 2 rings (SSSR count). The van der Waals surface area contributed by atoms with Crippen molar-refractivity contribution in [3.05, 3.63) is 40.8 Å². The standard InChI is InChI=1S/C11H7F2N3O2S2/c12-7-3-8(13)10(4-9(7)15)16-20(17,18)11-2-1-6(5-14)19-11/h1-4,16H,15H2. The van der Waals surface area contributed by atoms with Crippen molar-refractivity contribution in [3.8, 4) is 6.07 Å². The summed E-state index contributed by atoms with van der Waals surface area (Å²) in [5.74, 6) is -2.06. The first kappa shape index (κ1) is 14.2. The summed E-state index contributed by atoms with van der Waals surface area (Å²) in [4.78, 5) is 0.199. The number of hydrogen-bond acceptors (Lipinski definition) is 5. The van der Waals surface area contributed by atoms with Gasteiger partial charge in [-0.1, -0.05) is 0 Å². The van der Waals surface area contributed by atoms with Crippen molar-refractivity contribution in [2.24, 2.45) is 0 Å². The van der Waals surface area contributed by atoms with E-state index in [9.17, 15) is 17.2 Å². The van der Waals surface area contributed by atoms with E-state index in [2.05, 4.69) is 0 Å². The van der Waals surface area contributed by atoms with Gasteiger partial charge in [0.15, 0.2) is 0 Å². The average molecular weight is 315 g/mol. The number of rotatable bonds is 3. The van der Waals surface area contributed by atoms with Crippen molar-refractivity contribution in [2.75, 3.05) is 10.5 Å². The van der Waals surface area contributed by atoms with Crippen molar-refractivity contribution < 1.29 is 17.2 Å². The van der Waals surface area contributed by atoms with Gasteiger partial charge in [-0.25, -0.2) is 17.2 Å². The Labute approximate surface area is 117 Å². The van der Waals surface area contributed by atoms with E-state index in [1.807, 2.05) is 4.72 Å². The van der Waals surface area contributed by atoms with Crippen LogP contribution in [0.15, 0.2) is 28.5 Å². The first-order valence-electron chi connectivity index (χ1n) is 5.11. The number of nitrogens with zero attached hydrogens (tertiary/aromatic N) is 1. The summed E-state index contributed by atoms with van der Waals surface area (Å²) in [6.45, 7) is 0. The third-order valence-electron chi connectivity index (χ3n) is 2.29. The molecule has 1 heterocycles. The molecule has 104 valence electrons. The molecule has 3 N–H and O–H groups in total. The number of nitrogen functional groups attached to an aromatic ring is 1. The smallest absolute Gasteiger partial charge is 0.271 e. The van der Waals surface area contributed by atoms with Crippen LogP contribution in [0.5, 0.6) is 0 Å². The topological polar surface area (TPSA) is 96.0 Å². The predicted octanol–water partition coefficient (Wildman–Crippen LogP) is 2.28. The van der Waals surface area contributed by atoms with Crippen LogP contribution in [0.2, 0.25) is 0 Å². The fourth-order valence-electron chi connectivity index (χ4n) is 1.36. The molecule has 0 aliphatic carbocycles. The summed E-state index contributed by atoms with van der Waals surface area (Å²) in [6.07, 6.45) is 0. The zero-order valence-electron chi connectivity index (χ0n) is 9.72. The number of nitrogens with two attached hydrogens (primary N) is 1. The minimum atomic E-state index is -4.06. The van der Waals surface area contributed by atoms with E-state index in [1.54, 1.807) is 6.07 Å². The van der Waals surface area contributed by atoms with Crippen LogP contribution in [0.25, 0.3) is 0 Å². The van der Waals surface area contributed by atoms with Crippen LogP contribution < -0.4 is 10.5 Å². The molecule has 0 amide bonds. The van der Waals surface area contributed by atoms with Crippen molar-refractivity contribution in [3.63, 3.8) is 0 Å². The highest BCUT2D eigenvalue weighted by Gasteiger charge is 2.19. The molecular formula is C11H7F2N3O2S2. The molecule has 0 radical (unpaired) electrons. The molecule has 2 aromatic rings. The number of thiophene rings is 1. The highest BCUT2D eigenvalue weighted by Crippen LogP contribution is 2.26. The third kappa shape index (κ3) is 2.71. The third-order valence-corrected chi connectivity index (χ3v) is 5.13. The first-order chi connectivity index (χ1) is 9.33. The lowest BCUT2D eigenvalue weighted by molar-refractivity contribution is 0.585. The van der Waals surface area contributed by atoms with Gasteiger partial charge in [-0.3, -0.25) is 4.72 Å². The van der Waals surface area contributed by atoms with Gasteiger partial charge in [-0.2, -0.15) is 5.26 Å². The lowest BCUT2D eigenvalue weighted by atomic mass is 10.2. The number of anilines is 2. The van der Waals surface area contributed by atoms with Crippen molar-refractivity contribution in [2.45, 2.75) is 4.21 Å². The van der Waals surface area contributed by atoms with Gasteiger partial charge < -0.3 is 5.73 Å². The molecule has 20 heavy (non-hydrogen) atoms. The van der Waals surface area contributed by atoms with Gasteiger partial charge in [0.25, 0.3) is 10.0 Å². The molecule has 0 saturated carbocycles. The van der Waals surface area contributed by atoms with E-state index in [1.165, 1.54) is 12.1 Å². The molecule has 0 fully saturated rings. The fraction of sp³-hybridized carbons (Fsp3) is 0. The number of halogens is 2. The summed E-state index contributed by atoms with van der Waals surface area (Å²) in [7, 11) is -4.06. The lowest BCUT2D eigenvalue weighted by Gasteiger charge is -2.08. The summed E-state index contributed by atoms with van der Waals surface area (Å²) < 4.78 is 52.2. The Morgan fingerprint density at radius 1 is 1.25 bits per heavy atom. The van der Waals surface area contributed by atoms with Gasteiger partial charge in [0, 0.05) is 6.07 Å². The number of nitriles is 1. The quantitative estimate of drug-likeness (QED) is 0.849.